The first kappa shape index (κ1) is 13.8. The van der Waals surface area contributed by atoms with Gasteiger partial charge in [-0.2, -0.15) is 0 Å². The monoisotopic (exact) mass is 278 g/mol. The van der Waals surface area contributed by atoms with Gasteiger partial charge in [0, 0.05) is 0 Å². The zero-order valence-corrected chi connectivity index (χ0v) is 9.62. The van der Waals surface area contributed by atoms with Crippen molar-refractivity contribution in [1.82, 2.24) is 15.3 Å². The largest absolute Gasteiger partial charge is 0.408 e. The number of rotatable bonds is 2. The number of ether oxygens (including phenoxy) is 1. The number of guanidine groups is 1. The highest BCUT2D eigenvalue weighted by Crippen LogP contribution is 2.25. The summed E-state index contributed by atoms with van der Waals surface area (Å²) in [7, 11) is 0. The molecule has 2 aliphatic heterocycles. The quantitative estimate of drug-likeness (QED) is 0.228. The molecule has 0 spiro atoms. The lowest BCUT2D eigenvalue weighted by molar-refractivity contribution is -0.132. The second-order valence-corrected chi connectivity index (χ2v) is 4.09. The Balaban J connectivity index is 2.12. The topological polar surface area (TPSA) is 158 Å². The normalized spacial score (nSPS) is 37.9. The van der Waals surface area contributed by atoms with Crippen molar-refractivity contribution in [2.24, 2.45) is 5.16 Å². The standard InChI is InChI=1S/C8H14N4O7/c13-1-3-4(14)5(15)6(19-3)11-2-12(18)7(10-17)9-8(11)16/h3-6,13-15,17-18H,1-2H2,(H,9,10,16)/t3-,4-,5-,6-/m1/s1. The van der Waals surface area contributed by atoms with Gasteiger partial charge in [-0.1, -0.05) is 0 Å². The van der Waals surface area contributed by atoms with Gasteiger partial charge in [0.25, 0.3) is 5.96 Å². The Morgan fingerprint density at radius 1 is 1.42 bits per heavy atom. The van der Waals surface area contributed by atoms with Crippen LogP contribution < -0.4 is 5.32 Å². The number of oxime groups is 1. The van der Waals surface area contributed by atoms with E-state index in [2.05, 4.69) is 5.16 Å². The van der Waals surface area contributed by atoms with Crippen LogP contribution in [-0.4, -0.2) is 85.5 Å². The van der Waals surface area contributed by atoms with Crippen LogP contribution in [-0.2, 0) is 4.74 Å². The molecule has 0 aromatic rings. The number of hydrogen-bond acceptors (Lipinski definition) is 8. The first-order valence-electron chi connectivity index (χ1n) is 5.38. The number of urea groups is 1. The van der Waals surface area contributed by atoms with Gasteiger partial charge < -0.3 is 25.3 Å². The molecule has 0 saturated carbocycles. The Bertz CT molecular complexity index is 391. The minimum Gasteiger partial charge on any atom is -0.408 e. The summed E-state index contributed by atoms with van der Waals surface area (Å²) in [4.78, 5) is 12.6. The molecular weight excluding hydrogens is 264 g/mol. The number of nitrogens with one attached hydrogen (secondary N) is 1. The van der Waals surface area contributed by atoms with Crippen LogP contribution in [0.4, 0.5) is 4.79 Å². The number of aliphatic hydroxyl groups is 3. The van der Waals surface area contributed by atoms with Crippen molar-refractivity contribution in [1.29, 1.82) is 0 Å². The minimum absolute atomic E-state index is 0.413. The van der Waals surface area contributed by atoms with Crippen LogP contribution in [0.3, 0.4) is 0 Å². The lowest BCUT2D eigenvalue weighted by Crippen LogP contribution is -2.63. The molecule has 4 atom stereocenters. The third-order valence-electron chi connectivity index (χ3n) is 2.93. The maximum atomic E-state index is 11.7. The summed E-state index contributed by atoms with van der Waals surface area (Å²) in [6.45, 7) is -0.978. The summed E-state index contributed by atoms with van der Waals surface area (Å²) < 4.78 is 5.14. The van der Waals surface area contributed by atoms with Crippen molar-refractivity contribution in [3.05, 3.63) is 0 Å². The van der Waals surface area contributed by atoms with E-state index in [0.717, 1.165) is 4.90 Å². The fourth-order valence-corrected chi connectivity index (χ4v) is 1.92. The maximum absolute atomic E-state index is 11.7. The van der Waals surface area contributed by atoms with Crippen molar-refractivity contribution < 1.29 is 35.3 Å². The number of nitrogens with zero attached hydrogens (tertiary/aromatic N) is 3. The molecule has 2 amide bonds. The molecule has 2 rings (SSSR count). The molecule has 19 heavy (non-hydrogen) atoms. The van der Waals surface area contributed by atoms with Crippen molar-refractivity contribution in [2.75, 3.05) is 13.3 Å². The van der Waals surface area contributed by atoms with E-state index >= 15 is 0 Å². The molecule has 0 aliphatic carbocycles. The predicted molar refractivity (Wildman–Crippen MR) is 55.8 cm³/mol. The Morgan fingerprint density at radius 3 is 2.63 bits per heavy atom. The Kier molecular flexibility index (Phi) is 3.73. The summed E-state index contributed by atoms with van der Waals surface area (Å²) in [6, 6.07) is -0.798. The van der Waals surface area contributed by atoms with Crippen LogP contribution >= 0.6 is 0 Å². The number of carbonyl (C=O) groups excluding carboxylic acids is 1. The molecule has 6 N–H and O–H groups in total. The molecule has 0 radical (unpaired) electrons. The van der Waals surface area contributed by atoms with Crippen LogP contribution in [0.2, 0.25) is 0 Å². The summed E-state index contributed by atoms with van der Waals surface area (Å²) in [6.07, 6.45) is -5.08. The molecule has 108 valence electrons. The van der Waals surface area contributed by atoms with Crippen LogP contribution in [0.5, 0.6) is 0 Å². The summed E-state index contributed by atoms with van der Waals surface area (Å²) in [5.41, 5.74) is 0. The van der Waals surface area contributed by atoms with Crippen LogP contribution in [0, 0.1) is 0 Å². The molecule has 2 aliphatic rings. The molecule has 0 unspecified atom stereocenters. The van der Waals surface area contributed by atoms with E-state index in [1.165, 1.54) is 0 Å². The molecule has 11 heteroatoms. The van der Waals surface area contributed by atoms with Gasteiger partial charge in [-0.3, -0.25) is 15.4 Å². The third kappa shape index (κ3) is 2.29. The van der Waals surface area contributed by atoms with E-state index < -0.39 is 49.8 Å². The molecule has 0 bridgehead atoms. The zero-order chi connectivity index (χ0) is 14.2. The van der Waals surface area contributed by atoms with E-state index in [4.69, 9.17) is 15.1 Å². The first-order valence-corrected chi connectivity index (χ1v) is 5.38. The van der Waals surface area contributed by atoms with Crippen molar-refractivity contribution in [3.8, 4) is 0 Å². The van der Waals surface area contributed by atoms with E-state index in [1.807, 2.05) is 5.32 Å². The van der Waals surface area contributed by atoms with Gasteiger partial charge in [0.15, 0.2) is 6.23 Å². The van der Waals surface area contributed by atoms with E-state index in [0.29, 0.717) is 5.06 Å². The molecule has 2 heterocycles. The van der Waals surface area contributed by atoms with Crippen molar-refractivity contribution >= 4 is 12.0 Å². The highest BCUT2D eigenvalue weighted by atomic mass is 16.6. The number of amides is 2. The number of aliphatic hydroxyl groups excluding tert-OH is 3. The average Bonchev–Trinajstić information content (AvgIpc) is 2.68. The lowest BCUT2D eigenvalue weighted by atomic mass is 10.1. The maximum Gasteiger partial charge on any atom is 0.327 e. The van der Waals surface area contributed by atoms with Crippen molar-refractivity contribution in [3.63, 3.8) is 0 Å². The van der Waals surface area contributed by atoms with Crippen LogP contribution in [0.1, 0.15) is 0 Å². The van der Waals surface area contributed by atoms with E-state index in [1.54, 1.807) is 0 Å². The van der Waals surface area contributed by atoms with Gasteiger partial charge in [0.2, 0.25) is 0 Å². The van der Waals surface area contributed by atoms with Gasteiger partial charge in [-0.15, -0.1) is 0 Å². The minimum atomic E-state index is -1.44. The SMILES string of the molecule is O=C1NC(=NO)N(O)CN1[C@@H]1O[C@H](CO)[C@@H](O)[C@H]1O. The van der Waals surface area contributed by atoms with Crippen LogP contribution in [0.15, 0.2) is 5.16 Å². The van der Waals surface area contributed by atoms with Gasteiger partial charge >= 0.3 is 6.03 Å². The second kappa shape index (κ2) is 5.14. The van der Waals surface area contributed by atoms with Crippen LogP contribution in [0.25, 0.3) is 0 Å². The molecule has 0 aromatic heterocycles. The van der Waals surface area contributed by atoms with Gasteiger partial charge in [0.05, 0.1) is 6.61 Å². The number of hydroxylamine groups is 2. The fraction of sp³-hybridized carbons (Fsp3) is 0.750. The van der Waals surface area contributed by atoms with Gasteiger partial charge in [-0.25, -0.2) is 9.86 Å². The average molecular weight is 278 g/mol. The molecule has 11 nitrogen and oxygen atoms in total. The van der Waals surface area contributed by atoms with Gasteiger partial charge in [-0.05, 0) is 5.16 Å². The molecule has 0 aromatic carbocycles. The first-order chi connectivity index (χ1) is 8.99. The summed E-state index contributed by atoms with van der Waals surface area (Å²) in [5, 5.41) is 51.3. The Labute approximate surface area is 106 Å². The number of carbonyl (C=O) groups is 1. The highest BCUT2D eigenvalue weighted by molar-refractivity contribution is 5.97. The third-order valence-corrected chi connectivity index (χ3v) is 2.93. The lowest BCUT2D eigenvalue weighted by Gasteiger charge is -2.37. The zero-order valence-electron chi connectivity index (χ0n) is 9.62. The smallest absolute Gasteiger partial charge is 0.327 e. The fourth-order valence-electron chi connectivity index (χ4n) is 1.92. The summed E-state index contributed by atoms with van der Waals surface area (Å²) >= 11 is 0. The van der Waals surface area contributed by atoms with E-state index in [-0.39, 0.29) is 0 Å². The van der Waals surface area contributed by atoms with E-state index in [9.17, 15) is 20.2 Å². The molecule has 2 fully saturated rings. The summed E-state index contributed by atoms with van der Waals surface area (Å²) in [5.74, 6) is -0.479. The molecular formula is C8H14N4O7. The van der Waals surface area contributed by atoms with Gasteiger partial charge in [0.1, 0.15) is 25.0 Å². The predicted octanol–water partition coefficient (Wildman–Crippen LogP) is -3.16. The highest BCUT2D eigenvalue weighted by Gasteiger charge is 2.48. The Morgan fingerprint density at radius 2 is 2.11 bits per heavy atom. The molecule has 2 saturated heterocycles. The van der Waals surface area contributed by atoms with Crippen molar-refractivity contribution in [2.45, 2.75) is 24.5 Å². The second-order valence-electron chi connectivity index (χ2n) is 4.09. The number of hydrogen-bond donors (Lipinski definition) is 6. The Hall–Kier alpha value is -1.66.